The Bertz CT molecular complexity index is 1780. The molecule has 0 aromatic carbocycles. The molecule has 16 heteroatoms. The fourth-order valence-corrected chi connectivity index (χ4v) is 8.18. The molecule has 0 aliphatic carbocycles. The molecule has 0 saturated carbocycles. The molecule has 2 aliphatic rings. The molecule has 0 unspecified atom stereocenters. The first-order valence-corrected chi connectivity index (χ1v) is 17.0. The van der Waals surface area contributed by atoms with Crippen LogP contribution in [0, 0.1) is 0 Å². The Morgan fingerprint density at radius 3 is 1.70 bits per heavy atom. The highest BCUT2D eigenvalue weighted by molar-refractivity contribution is 7.25. The van der Waals surface area contributed by atoms with E-state index in [0.717, 1.165) is 56.6 Å². The summed E-state index contributed by atoms with van der Waals surface area (Å²) in [6.07, 6.45) is 5.03. The number of aromatic nitrogens is 4. The van der Waals surface area contributed by atoms with Gasteiger partial charge in [-0.25, -0.2) is 19.6 Å². The standard InChI is InChI=1S/C31H36N8O6S2/c1-16(34-30(42)43)28(40)38-12-4-6-20(38)26-32-14-18(36-26)22-8-10-24(46-22)25-11-9-23(47-25)19-15-33-27(37-19)21-7-5-13-39(21)29(41)17(2)35-31(44)45-3/h8-11,14-17,20-21,34H,4-7,12-13H2,1-3H3,(H,32,36)(H,33,37)(H,35,44)(H,42,43)/t16-,17-,20-,21-/m0/s1. The molecule has 4 amide bonds. The van der Waals surface area contributed by atoms with E-state index in [4.69, 9.17) is 15.1 Å². The lowest BCUT2D eigenvalue weighted by Gasteiger charge is -2.26. The number of hydrogen-bond acceptors (Lipinski definition) is 9. The second-order valence-electron chi connectivity index (χ2n) is 11.6. The zero-order valence-electron chi connectivity index (χ0n) is 26.1. The molecule has 6 rings (SSSR count). The van der Waals surface area contributed by atoms with Crippen LogP contribution in [-0.2, 0) is 14.3 Å². The third kappa shape index (κ3) is 6.74. The van der Waals surface area contributed by atoms with E-state index < -0.39 is 24.3 Å². The van der Waals surface area contributed by atoms with Gasteiger partial charge >= 0.3 is 12.2 Å². The van der Waals surface area contributed by atoms with Crippen molar-refractivity contribution >= 4 is 46.7 Å². The molecule has 0 bridgehead atoms. The highest BCUT2D eigenvalue weighted by Gasteiger charge is 2.36. The number of rotatable bonds is 9. The average molecular weight is 681 g/mol. The number of aromatic amines is 2. The molecule has 248 valence electrons. The number of carbonyl (C=O) groups is 4. The summed E-state index contributed by atoms with van der Waals surface area (Å²) in [5.41, 5.74) is 1.58. The van der Waals surface area contributed by atoms with Crippen LogP contribution in [0.3, 0.4) is 0 Å². The molecule has 4 atom stereocenters. The second-order valence-corrected chi connectivity index (χ2v) is 13.7. The molecular weight excluding hydrogens is 645 g/mol. The van der Waals surface area contributed by atoms with Crippen LogP contribution in [0.15, 0.2) is 36.7 Å². The number of methoxy groups -OCH3 is 1. The topological polar surface area (TPSA) is 186 Å². The number of likely N-dealkylation sites (tertiary alicyclic amines) is 2. The summed E-state index contributed by atoms with van der Waals surface area (Å²) < 4.78 is 4.63. The summed E-state index contributed by atoms with van der Waals surface area (Å²) in [6.45, 7) is 4.34. The summed E-state index contributed by atoms with van der Waals surface area (Å²) in [4.78, 5) is 72.4. The Morgan fingerprint density at radius 1 is 0.809 bits per heavy atom. The predicted octanol–water partition coefficient (Wildman–Crippen LogP) is 4.98. The molecule has 6 heterocycles. The van der Waals surface area contributed by atoms with Crippen molar-refractivity contribution in [1.82, 2.24) is 40.4 Å². The van der Waals surface area contributed by atoms with E-state index >= 15 is 0 Å². The van der Waals surface area contributed by atoms with E-state index in [-0.39, 0.29) is 23.9 Å². The van der Waals surface area contributed by atoms with Crippen molar-refractivity contribution in [2.75, 3.05) is 20.2 Å². The minimum absolute atomic E-state index is 0.177. The fourth-order valence-electron chi connectivity index (χ4n) is 6.15. The smallest absolute Gasteiger partial charge is 0.407 e. The number of imidazole rings is 2. The Morgan fingerprint density at radius 2 is 1.26 bits per heavy atom. The molecular formula is C31H36N8O6S2. The van der Waals surface area contributed by atoms with Crippen LogP contribution in [-0.4, -0.2) is 91.1 Å². The van der Waals surface area contributed by atoms with Gasteiger partial charge in [0, 0.05) is 35.2 Å². The van der Waals surface area contributed by atoms with Gasteiger partial charge in [0.25, 0.3) is 0 Å². The number of carbonyl (C=O) groups excluding carboxylic acids is 3. The largest absolute Gasteiger partial charge is 0.465 e. The molecule has 2 saturated heterocycles. The van der Waals surface area contributed by atoms with Gasteiger partial charge in [0.2, 0.25) is 11.8 Å². The highest BCUT2D eigenvalue weighted by atomic mass is 32.1. The second kappa shape index (κ2) is 13.6. The molecule has 5 N–H and O–H groups in total. The normalized spacial score (nSPS) is 19.0. The first-order valence-electron chi connectivity index (χ1n) is 15.4. The highest BCUT2D eigenvalue weighted by Crippen LogP contribution is 2.41. The lowest BCUT2D eigenvalue weighted by molar-refractivity contribution is -0.134. The van der Waals surface area contributed by atoms with Crippen molar-refractivity contribution < 1.29 is 29.0 Å². The summed E-state index contributed by atoms with van der Waals surface area (Å²) in [5, 5.41) is 13.8. The van der Waals surface area contributed by atoms with Gasteiger partial charge in [-0.3, -0.25) is 9.59 Å². The van der Waals surface area contributed by atoms with Gasteiger partial charge in [0.05, 0.1) is 40.3 Å². The number of hydrogen-bond donors (Lipinski definition) is 5. The molecule has 0 spiro atoms. The van der Waals surface area contributed by atoms with Gasteiger partial charge in [-0.2, -0.15) is 0 Å². The van der Waals surface area contributed by atoms with E-state index in [1.807, 2.05) is 24.5 Å². The number of H-pyrrole nitrogens is 2. The summed E-state index contributed by atoms with van der Waals surface area (Å²) in [5.74, 6) is 0.964. The van der Waals surface area contributed by atoms with Crippen LogP contribution in [0.1, 0.15) is 63.3 Å². The van der Waals surface area contributed by atoms with E-state index in [1.54, 1.807) is 46.3 Å². The van der Waals surface area contributed by atoms with E-state index in [0.29, 0.717) is 24.7 Å². The third-order valence-corrected chi connectivity index (χ3v) is 10.9. The Balaban J connectivity index is 1.12. The van der Waals surface area contributed by atoms with E-state index in [2.05, 4.69) is 37.5 Å². The van der Waals surface area contributed by atoms with Gasteiger partial charge in [-0.05, 0) is 63.8 Å². The van der Waals surface area contributed by atoms with Crippen molar-refractivity contribution in [3.63, 3.8) is 0 Å². The number of nitrogens with one attached hydrogen (secondary N) is 4. The molecule has 47 heavy (non-hydrogen) atoms. The Kier molecular flexibility index (Phi) is 9.31. The van der Waals surface area contributed by atoms with Crippen molar-refractivity contribution in [3.05, 3.63) is 48.3 Å². The number of carboxylic acid groups (broad SMARTS) is 1. The number of alkyl carbamates (subject to hydrolysis) is 1. The van der Waals surface area contributed by atoms with Gasteiger partial charge in [-0.15, -0.1) is 22.7 Å². The number of nitrogens with zero attached hydrogens (tertiary/aromatic N) is 4. The van der Waals surface area contributed by atoms with E-state index in [9.17, 15) is 19.2 Å². The quantitative estimate of drug-likeness (QED) is 0.164. The van der Waals surface area contributed by atoms with Crippen LogP contribution < -0.4 is 10.6 Å². The van der Waals surface area contributed by atoms with Gasteiger partial charge in [0.1, 0.15) is 23.7 Å². The molecule has 2 fully saturated rings. The molecule has 2 aliphatic heterocycles. The fraction of sp³-hybridized carbons (Fsp3) is 0.419. The monoisotopic (exact) mass is 680 g/mol. The zero-order valence-corrected chi connectivity index (χ0v) is 27.7. The van der Waals surface area contributed by atoms with Crippen molar-refractivity contribution in [1.29, 1.82) is 0 Å². The molecule has 4 aromatic heterocycles. The lowest BCUT2D eigenvalue weighted by atomic mass is 10.2. The molecule has 4 aromatic rings. The van der Waals surface area contributed by atoms with Gasteiger partial charge in [0.15, 0.2) is 0 Å². The minimum Gasteiger partial charge on any atom is -0.465 e. The minimum atomic E-state index is -1.23. The summed E-state index contributed by atoms with van der Waals surface area (Å²) >= 11 is 3.25. The zero-order chi connectivity index (χ0) is 33.2. The first kappa shape index (κ1) is 32.2. The maximum Gasteiger partial charge on any atom is 0.407 e. The van der Waals surface area contributed by atoms with Gasteiger partial charge in [-0.1, -0.05) is 0 Å². The molecule has 0 radical (unpaired) electrons. The van der Waals surface area contributed by atoms with Crippen LogP contribution >= 0.6 is 22.7 Å². The Hall–Kier alpha value is -4.70. The number of thiophene rings is 2. The summed E-state index contributed by atoms with van der Waals surface area (Å²) in [7, 11) is 1.27. The predicted molar refractivity (Wildman–Crippen MR) is 176 cm³/mol. The first-order chi connectivity index (χ1) is 22.6. The SMILES string of the molecule is COC(=O)N[C@@H](C)C(=O)N1CCC[C@H]1c1nc(-c2ccc(-c3ccc(-c4c[nH]c([C@@H]5CCCN5C(=O)[C@H](C)NC(=O)O)n4)s3)s2)c[nH]1. The number of ether oxygens (including phenoxy) is 1. The van der Waals surface area contributed by atoms with Crippen molar-refractivity contribution in [2.24, 2.45) is 0 Å². The van der Waals surface area contributed by atoms with Crippen molar-refractivity contribution in [3.8, 4) is 30.9 Å². The third-order valence-electron chi connectivity index (χ3n) is 8.46. The van der Waals surface area contributed by atoms with Crippen LogP contribution in [0.2, 0.25) is 0 Å². The van der Waals surface area contributed by atoms with Crippen LogP contribution in [0.5, 0.6) is 0 Å². The maximum absolute atomic E-state index is 13.1. The van der Waals surface area contributed by atoms with Crippen LogP contribution in [0.25, 0.3) is 30.9 Å². The Labute approximate surface area is 278 Å². The van der Waals surface area contributed by atoms with Gasteiger partial charge < -0.3 is 40.2 Å². The molecule has 14 nitrogen and oxygen atoms in total. The number of amides is 4. The maximum atomic E-state index is 13.1. The van der Waals surface area contributed by atoms with E-state index in [1.165, 1.54) is 7.11 Å². The lowest BCUT2D eigenvalue weighted by Crippen LogP contribution is -2.46. The van der Waals surface area contributed by atoms with Crippen molar-refractivity contribution in [2.45, 2.75) is 63.7 Å². The van der Waals surface area contributed by atoms with Crippen LogP contribution in [0.4, 0.5) is 9.59 Å². The average Bonchev–Trinajstić information content (AvgIpc) is 3.88. The summed E-state index contributed by atoms with van der Waals surface area (Å²) in [6, 6.07) is 6.23.